The molecule has 0 saturated carbocycles. The molecule has 1 rings (SSSR count). The molecule has 0 heterocycles. The van der Waals surface area contributed by atoms with Gasteiger partial charge < -0.3 is 10.8 Å². The summed E-state index contributed by atoms with van der Waals surface area (Å²) in [6.07, 6.45) is 0.601. The van der Waals surface area contributed by atoms with Crippen molar-refractivity contribution >= 4 is 15.9 Å². The monoisotopic (exact) mass is 273 g/mol. The van der Waals surface area contributed by atoms with Gasteiger partial charge >= 0.3 is 10.2 Å². The number of hydrogen-bond donors (Lipinski definition) is 2. The molecule has 1 aromatic carbocycles. The van der Waals surface area contributed by atoms with E-state index in [0.717, 1.165) is 4.31 Å². The second-order valence-corrected chi connectivity index (χ2v) is 6.03. The highest BCUT2D eigenvalue weighted by Gasteiger charge is 2.23. The van der Waals surface area contributed by atoms with E-state index in [1.807, 2.05) is 0 Å². The zero-order valence-corrected chi connectivity index (χ0v) is 11.4. The Morgan fingerprint density at radius 1 is 1.33 bits per heavy atom. The van der Waals surface area contributed by atoms with Crippen LogP contribution < -0.4 is 10.0 Å². The summed E-state index contributed by atoms with van der Waals surface area (Å²) in [4.78, 5) is 0. The third kappa shape index (κ3) is 3.34. The van der Waals surface area contributed by atoms with Gasteiger partial charge in [0.05, 0.1) is 5.69 Å². The van der Waals surface area contributed by atoms with Crippen molar-refractivity contribution in [2.75, 3.05) is 31.5 Å². The number of hydrogen-bond acceptors (Lipinski definition) is 4. The molecule has 0 unspecified atom stereocenters. The zero-order valence-electron chi connectivity index (χ0n) is 10.6. The number of nitrogens with two attached hydrogens (primary N) is 1. The molecule has 7 heteroatoms. The van der Waals surface area contributed by atoms with Gasteiger partial charge in [0.25, 0.3) is 0 Å². The Kier molecular flexibility index (Phi) is 4.94. The first-order valence-electron chi connectivity index (χ1n) is 5.59. The van der Waals surface area contributed by atoms with Gasteiger partial charge in [-0.3, -0.25) is 4.31 Å². The molecule has 0 aromatic heterocycles. The van der Waals surface area contributed by atoms with Crippen molar-refractivity contribution in [2.45, 2.75) is 6.42 Å². The van der Waals surface area contributed by atoms with Crippen molar-refractivity contribution < 1.29 is 13.5 Å². The number of anilines is 1. The molecule has 0 aliphatic rings. The van der Waals surface area contributed by atoms with Crippen LogP contribution in [0.15, 0.2) is 24.3 Å². The lowest BCUT2D eigenvalue weighted by atomic mass is 10.3. The summed E-state index contributed by atoms with van der Waals surface area (Å²) < 4.78 is 26.7. The summed E-state index contributed by atoms with van der Waals surface area (Å²) in [7, 11) is -0.629. The van der Waals surface area contributed by atoms with E-state index in [9.17, 15) is 13.5 Å². The minimum absolute atomic E-state index is 0.0270. The topological polar surface area (TPSA) is 86.9 Å². The van der Waals surface area contributed by atoms with Gasteiger partial charge in [-0.25, -0.2) is 0 Å². The Bertz CT molecular complexity index is 490. The van der Waals surface area contributed by atoms with Gasteiger partial charge in [0.15, 0.2) is 0 Å². The third-order valence-corrected chi connectivity index (χ3v) is 4.48. The van der Waals surface area contributed by atoms with Crippen LogP contribution in [0.25, 0.3) is 0 Å². The molecule has 102 valence electrons. The van der Waals surface area contributed by atoms with Crippen LogP contribution in [-0.4, -0.2) is 45.0 Å². The quantitative estimate of drug-likeness (QED) is 0.783. The number of nitrogens with zero attached hydrogens (tertiary/aromatic N) is 2. The fourth-order valence-corrected chi connectivity index (χ4v) is 2.62. The molecular weight excluding hydrogens is 254 g/mol. The summed E-state index contributed by atoms with van der Waals surface area (Å²) in [5.74, 6) is 0.0270. The Morgan fingerprint density at radius 3 is 2.56 bits per heavy atom. The Balaban J connectivity index is 2.91. The van der Waals surface area contributed by atoms with Gasteiger partial charge in [0.1, 0.15) is 5.75 Å². The molecule has 0 amide bonds. The first-order valence-corrected chi connectivity index (χ1v) is 6.98. The first-order chi connectivity index (χ1) is 8.39. The van der Waals surface area contributed by atoms with Crippen molar-refractivity contribution in [3.63, 3.8) is 0 Å². The Labute approximate surface area is 108 Å². The maximum Gasteiger partial charge on any atom is 0.303 e. The minimum atomic E-state index is -3.58. The van der Waals surface area contributed by atoms with E-state index in [1.165, 1.54) is 30.5 Å². The van der Waals surface area contributed by atoms with E-state index in [4.69, 9.17) is 5.73 Å². The molecule has 6 nitrogen and oxygen atoms in total. The summed E-state index contributed by atoms with van der Waals surface area (Å²) in [5, 5.41) is 9.36. The third-order valence-electron chi connectivity index (χ3n) is 2.61. The molecule has 18 heavy (non-hydrogen) atoms. The van der Waals surface area contributed by atoms with Gasteiger partial charge in [-0.05, 0) is 25.1 Å². The average molecular weight is 273 g/mol. The standard InChI is InChI=1S/C11H19N3O3S/c1-13(8-4-7-12)18(16,17)14(2)10-5-3-6-11(15)9-10/h3,5-6,9,15H,4,7-8,12H2,1-2H3. The van der Waals surface area contributed by atoms with E-state index >= 15 is 0 Å². The van der Waals surface area contributed by atoms with E-state index in [0.29, 0.717) is 25.2 Å². The number of phenols is 1. The molecule has 0 radical (unpaired) electrons. The molecule has 0 saturated heterocycles. The van der Waals surface area contributed by atoms with Crippen molar-refractivity contribution in [3.8, 4) is 5.75 Å². The predicted molar refractivity (Wildman–Crippen MR) is 71.7 cm³/mol. The number of aromatic hydroxyl groups is 1. The van der Waals surface area contributed by atoms with Crippen molar-refractivity contribution in [2.24, 2.45) is 5.73 Å². The number of benzene rings is 1. The molecule has 0 bridgehead atoms. The van der Waals surface area contributed by atoms with Gasteiger partial charge in [-0.1, -0.05) is 6.07 Å². The van der Waals surface area contributed by atoms with Crippen LogP contribution in [0.1, 0.15) is 6.42 Å². The van der Waals surface area contributed by atoms with Gasteiger partial charge in [-0.2, -0.15) is 12.7 Å². The lowest BCUT2D eigenvalue weighted by molar-refractivity contribution is 0.462. The van der Waals surface area contributed by atoms with Crippen LogP contribution in [0.2, 0.25) is 0 Å². The average Bonchev–Trinajstić information content (AvgIpc) is 2.34. The fraction of sp³-hybridized carbons (Fsp3) is 0.455. The van der Waals surface area contributed by atoms with E-state index in [2.05, 4.69) is 0 Å². The molecule has 1 aromatic rings. The SMILES string of the molecule is CN(CCCN)S(=O)(=O)N(C)c1cccc(O)c1. The lowest BCUT2D eigenvalue weighted by Gasteiger charge is -2.25. The predicted octanol–water partition coefficient (Wildman–Crippen LogP) is 0.354. The molecule has 0 aliphatic heterocycles. The second kappa shape index (κ2) is 6.03. The maximum absolute atomic E-state index is 12.2. The molecule has 0 fully saturated rings. The molecule has 3 N–H and O–H groups in total. The summed E-state index contributed by atoms with van der Waals surface area (Å²) in [5.41, 5.74) is 5.77. The first kappa shape index (κ1) is 14.7. The van der Waals surface area contributed by atoms with Gasteiger partial charge in [-0.15, -0.1) is 0 Å². The van der Waals surface area contributed by atoms with Crippen LogP contribution in [0, 0.1) is 0 Å². The molecular formula is C11H19N3O3S. The van der Waals surface area contributed by atoms with Crippen LogP contribution in [-0.2, 0) is 10.2 Å². The van der Waals surface area contributed by atoms with Crippen LogP contribution >= 0.6 is 0 Å². The highest BCUT2D eigenvalue weighted by Crippen LogP contribution is 2.22. The highest BCUT2D eigenvalue weighted by atomic mass is 32.2. The summed E-state index contributed by atoms with van der Waals surface area (Å²) in [6.45, 7) is 0.803. The zero-order chi connectivity index (χ0) is 13.8. The second-order valence-electron chi connectivity index (χ2n) is 3.96. The number of phenolic OH excluding ortho intramolecular Hbond substituents is 1. The van der Waals surface area contributed by atoms with E-state index in [-0.39, 0.29) is 5.75 Å². The smallest absolute Gasteiger partial charge is 0.303 e. The summed E-state index contributed by atoms with van der Waals surface area (Å²) >= 11 is 0. The largest absolute Gasteiger partial charge is 0.508 e. The van der Waals surface area contributed by atoms with E-state index in [1.54, 1.807) is 12.1 Å². The van der Waals surface area contributed by atoms with Crippen molar-refractivity contribution in [1.82, 2.24) is 4.31 Å². The van der Waals surface area contributed by atoms with E-state index < -0.39 is 10.2 Å². The maximum atomic E-state index is 12.2. The normalized spacial score (nSPS) is 11.8. The minimum Gasteiger partial charge on any atom is -0.508 e. The van der Waals surface area contributed by atoms with Gasteiger partial charge in [0, 0.05) is 26.7 Å². The number of rotatable bonds is 6. The van der Waals surface area contributed by atoms with Crippen LogP contribution in [0.5, 0.6) is 5.75 Å². The van der Waals surface area contributed by atoms with Crippen LogP contribution in [0.3, 0.4) is 0 Å². The van der Waals surface area contributed by atoms with Crippen molar-refractivity contribution in [3.05, 3.63) is 24.3 Å². The van der Waals surface area contributed by atoms with Gasteiger partial charge in [0.2, 0.25) is 0 Å². The van der Waals surface area contributed by atoms with Crippen molar-refractivity contribution in [1.29, 1.82) is 0 Å². The molecule has 0 spiro atoms. The Morgan fingerprint density at radius 2 is 2.00 bits per heavy atom. The highest BCUT2D eigenvalue weighted by molar-refractivity contribution is 7.90. The lowest BCUT2D eigenvalue weighted by Crippen LogP contribution is -2.40. The Hall–Kier alpha value is -1.31. The van der Waals surface area contributed by atoms with Crippen LogP contribution in [0.4, 0.5) is 5.69 Å². The fourth-order valence-electron chi connectivity index (χ4n) is 1.46. The molecule has 0 aliphatic carbocycles. The summed E-state index contributed by atoms with van der Waals surface area (Å²) in [6, 6.07) is 6.10. The molecule has 0 atom stereocenters.